The van der Waals surface area contributed by atoms with Crippen LogP contribution in [0.15, 0.2) is 18.3 Å². The second kappa shape index (κ2) is 10.7. The summed E-state index contributed by atoms with van der Waals surface area (Å²) in [4.78, 5) is 16.5. The quantitative estimate of drug-likeness (QED) is 0.460. The fourth-order valence-corrected chi connectivity index (χ4v) is 3.70. The molecule has 32 heavy (non-hydrogen) atoms. The van der Waals surface area contributed by atoms with Gasteiger partial charge in [-0.2, -0.15) is 10.1 Å². The van der Waals surface area contributed by atoms with E-state index in [-0.39, 0.29) is 0 Å². The molecule has 0 saturated carbocycles. The van der Waals surface area contributed by atoms with Crippen LogP contribution in [-0.4, -0.2) is 70.7 Å². The molecule has 3 aromatic heterocycles. The highest BCUT2D eigenvalue weighted by Gasteiger charge is 2.22. The lowest BCUT2D eigenvalue weighted by molar-refractivity contribution is 0.128. The number of hydrogen-bond acceptors (Lipinski definition) is 9. The smallest absolute Gasteiger partial charge is 0.228 e. The molecule has 4 rings (SSSR count). The Morgan fingerprint density at radius 1 is 1.12 bits per heavy atom. The number of nitrogens with one attached hydrogen (secondary N) is 2. The lowest BCUT2D eigenvalue weighted by atomic mass is 10.3. The highest BCUT2D eigenvalue weighted by molar-refractivity contribution is 5.90. The third kappa shape index (κ3) is 5.14. The van der Waals surface area contributed by atoms with Crippen molar-refractivity contribution in [2.75, 3.05) is 56.2 Å². The van der Waals surface area contributed by atoms with E-state index in [2.05, 4.69) is 20.5 Å². The molecule has 10 heteroatoms. The van der Waals surface area contributed by atoms with E-state index >= 15 is 0 Å². The van der Waals surface area contributed by atoms with E-state index in [1.54, 1.807) is 6.20 Å². The Kier molecular flexibility index (Phi) is 7.46. The predicted octanol–water partition coefficient (Wildman–Crippen LogP) is 2.26. The normalized spacial score (nSPS) is 14.3. The molecule has 0 amide bonds. The van der Waals surface area contributed by atoms with Crippen LogP contribution in [0.5, 0.6) is 0 Å². The third-order valence-corrected chi connectivity index (χ3v) is 5.30. The van der Waals surface area contributed by atoms with Crippen LogP contribution in [0.1, 0.15) is 25.1 Å². The summed E-state index contributed by atoms with van der Waals surface area (Å²) in [5.74, 6) is 2.12. The molecule has 0 radical (unpaired) electrons. The van der Waals surface area contributed by atoms with Crippen molar-refractivity contribution >= 4 is 28.6 Å². The Bertz CT molecular complexity index is 1030. The molecule has 0 unspecified atom stereocenters. The van der Waals surface area contributed by atoms with E-state index in [0.29, 0.717) is 44.7 Å². The molecule has 0 aromatic carbocycles. The first kappa shape index (κ1) is 22.4. The lowest BCUT2D eigenvalue weighted by Crippen LogP contribution is -2.44. The number of fused-ring (bicyclic) bond motifs is 1. The fraction of sp³-hybridized carbons (Fsp3) is 0.545. The second-order valence-corrected chi connectivity index (χ2v) is 7.65. The van der Waals surface area contributed by atoms with Crippen molar-refractivity contribution in [1.29, 1.82) is 0 Å². The highest BCUT2D eigenvalue weighted by atomic mass is 16.5. The molecule has 0 atom stereocenters. The van der Waals surface area contributed by atoms with Gasteiger partial charge in [0, 0.05) is 45.6 Å². The number of rotatable bonds is 10. The molecule has 2 N–H and O–H groups in total. The minimum Gasteiger partial charge on any atom is -0.380 e. The maximum absolute atomic E-state index is 5.70. The molecule has 1 aliphatic heterocycles. The van der Waals surface area contributed by atoms with E-state index in [9.17, 15) is 0 Å². The maximum atomic E-state index is 5.70. The molecule has 3 aromatic rings. The average molecular weight is 441 g/mol. The van der Waals surface area contributed by atoms with Crippen LogP contribution in [0.4, 0.5) is 17.6 Å². The molecule has 10 nitrogen and oxygen atoms in total. The number of hydrogen-bond donors (Lipinski definition) is 2. The molecule has 1 saturated heterocycles. The molecule has 0 spiro atoms. The fourth-order valence-electron chi connectivity index (χ4n) is 3.70. The molecular formula is C22H32N8O2. The SMILES string of the molecule is CCOCCn1nc(COCC)c2nc(N3CCNCC3)nc(Nc3cc(C)ccn3)c21. The zero-order valence-electron chi connectivity index (χ0n) is 19.1. The summed E-state index contributed by atoms with van der Waals surface area (Å²) in [6.07, 6.45) is 1.79. The molecule has 1 aliphatic rings. The maximum Gasteiger partial charge on any atom is 0.228 e. The predicted molar refractivity (Wildman–Crippen MR) is 124 cm³/mol. The first-order chi connectivity index (χ1) is 15.7. The van der Waals surface area contributed by atoms with Crippen LogP contribution in [0, 0.1) is 6.92 Å². The van der Waals surface area contributed by atoms with Crippen molar-refractivity contribution in [3.8, 4) is 0 Å². The lowest BCUT2D eigenvalue weighted by Gasteiger charge is -2.27. The van der Waals surface area contributed by atoms with Crippen LogP contribution >= 0.6 is 0 Å². The Morgan fingerprint density at radius 3 is 2.69 bits per heavy atom. The minimum atomic E-state index is 0.398. The highest BCUT2D eigenvalue weighted by Crippen LogP contribution is 2.29. The van der Waals surface area contributed by atoms with Gasteiger partial charge in [-0.3, -0.25) is 4.68 Å². The van der Waals surface area contributed by atoms with Crippen LogP contribution in [0.25, 0.3) is 11.0 Å². The van der Waals surface area contributed by atoms with Gasteiger partial charge in [0.05, 0.1) is 19.8 Å². The number of aryl methyl sites for hydroxylation is 1. The van der Waals surface area contributed by atoms with Gasteiger partial charge in [0.1, 0.15) is 22.5 Å². The van der Waals surface area contributed by atoms with Gasteiger partial charge in [-0.1, -0.05) is 0 Å². The topological polar surface area (TPSA) is 102 Å². The van der Waals surface area contributed by atoms with Crippen molar-refractivity contribution in [1.82, 2.24) is 30.0 Å². The zero-order chi connectivity index (χ0) is 22.3. The monoisotopic (exact) mass is 440 g/mol. The van der Waals surface area contributed by atoms with Gasteiger partial charge in [-0.05, 0) is 38.5 Å². The number of ether oxygens (including phenoxy) is 2. The molecular weight excluding hydrogens is 408 g/mol. The standard InChI is InChI=1S/C22H32N8O2/c1-4-31-13-12-30-20-19(17(28-30)15-32-5-2)26-22(29-10-8-23-9-11-29)27-21(20)25-18-14-16(3)6-7-24-18/h6-7,14,23H,4-5,8-13,15H2,1-3H3,(H,24,25,26,27). The summed E-state index contributed by atoms with van der Waals surface area (Å²) < 4.78 is 13.2. The van der Waals surface area contributed by atoms with Crippen molar-refractivity contribution in [2.45, 2.75) is 33.9 Å². The molecule has 0 bridgehead atoms. The summed E-state index contributed by atoms with van der Waals surface area (Å²) in [5, 5.41) is 11.6. The summed E-state index contributed by atoms with van der Waals surface area (Å²) in [7, 11) is 0. The third-order valence-electron chi connectivity index (χ3n) is 5.30. The average Bonchev–Trinajstić information content (AvgIpc) is 3.16. The van der Waals surface area contributed by atoms with E-state index in [0.717, 1.165) is 54.3 Å². The second-order valence-electron chi connectivity index (χ2n) is 7.65. The van der Waals surface area contributed by atoms with Crippen molar-refractivity contribution in [3.63, 3.8) is 0 Å². The number of aromatic nitrogens is 5. The Morgan fingerprint density at radius 2 is 1.94 bits per heavy atom. The number of nitrogens with zero attached hydrogens (tertiary/aromatic N) is 6. The van der Waals surface area contributed by atoms with E-state index in [4.69, 9.17) is 24.5 Å². The largest absolute Gasteiger partial charge is 0.380 e. The van der Waals surface area contributed by atoms with Crippen molar-refractivity contribution in [3.05, 3.63) is 29.6 Å². The summed E-state index contributed by atoms with van der Waals surface area (Å²) in [6.45, 7) is 12.4. The van der Waals surface area contributed by atoms with Crippen molar-refractivity contribution in [2.24, 2.45) is 0 Å². The van der Waals surface area contributed by atoms with Crippen LogP contribution in [-0.2, 0) is 22.6 Å². The van der Waals surface area contributed by atoms with Gasteiger partial charge < -0.3 is 25.0 Å². The summed E-state index contributed by atoms with van der Waals surface area (Å²) >= 11 is 0. The zero-order valence-corrected chi connectivity index (χ0v) is 19.1. The van der Waals surface area contributed by atoms with Crippen LogP contribution in [0.2, 0.25) is 0 Å². The van der Waals surface area contributed by atoms with E-state index in [1.165, 1.54) is 0 Å². The minimum absolute atomic E-state index is 0.398. The number of anilines is 3. The Balaban J connectivity index is 1.82. The molecule has 1 fully saturated rings. The van der Waals surface area contributed by atoms with Gasteiger partial charge in [0.25, 0.3) is 0 Å². The summed E-state index contributed by atoms with van der Waals surface area (Å²) in [5.41, 5.74) is 3.56. The van der Waals surface area contributed by atoms with Crippen LogP contribution in [0.3, 0.4) is 0 Å². The van der Waals surface area contributed by atoms with Gasteiger partial charge in [-0.25, -0.2) is 9.97 Å². The van der Waals surface area contributed by atoms with Gasteiger partial charge in [0.15, 0.2) is 5.82 Å². The molecule has 4 heterocycles. The van der Waals surface area contributed by atoms with Gasteiger partial charge in [-0.15, -0.1) is 0 Å². The Labute approximate surface area is 188 Å². The molecule has 0 aliphatic carbocycles. The van der Waals surface area contributed by atoms with Crippen molar-refractivity contribution < 1.29 is 9.47 Å². The van der Waals surface area contributed by atoms with E-state index in [1.807, 2.05) is 37.6 Å². The Hall–Kier alpha value is -2.82. The first-order valence-corrected chi connectivity index (χ1v) is 11.3. The number of piperazine rings is 1. The first-order valence-electron chi connectivity index (χ1n) is 11.3. The van der Waals surface area contributed by atoms with Crippen LogP contribution < -0.4 is 15.5 Å². The van der Waals surface area contributed by atoms with Gasteiger partial charge >= 0.3 is 0 Å². The van der Waals surface area contributed by atoms with Gasteiger partial charge in [0.2, 0.25) is 5.95 Å². The van der Waals surface area contributed by atoms with E-state index < -0.39 is 0 Å². The molecule has 172 valence electrons. The summed E-state index contributed by atoms with van der Waals surface area (Å²) in [6, 6.07) is 3.97. The number of pyridine rings is 1.